The number of piperidine rings is 1. The van der Waals surface area contributed by atoms with E-state index in [0.29, 0.717) is 36.9 Å². The number of rotatable bonds is 2. The third kappa shape index (κ3) is 2.96. The summed E-state index contributed by atoms with van der Waals surface area (Å²) in [6.07, 6.45) is -3.40. The summed E-state index contributed by atoms with van der Waals surface area (Å²) < 4.78 is 39.6. The maximum Gasteiger partial charge on any atom is 0.451 e. The zero-order valence-corrected chi connectivity index (χ0v) is 11.9. The highest BCUT2D eigenvalue weighted by molar-refractivity contribution is 5.75. The Morgan fingerprint density at radius 2 is 1.90 bits per heavy atom. The Hall–Kier alpha value is -1.80. The number of alkyl halides is 3. The number of aromatic nitrogens is 3. The Balaban J connectivity index is 2.18. The summed E-state index contributed by atoms with van der Waals surface area (Å²) in [6, 6.07) is -0.402. The molecule has 6 nitrogen and oxygen atoms in total. The van der Waals surface area contributed by atoms with Crippen LogP contribution in [0.1, 0.15) is 38.1 Å². The summed E-state index contributed by atoms with van der Waals surface area (Å²) in [5.74, 6) is -1.18. The average Bonchev–Trinajstić information content (AvgIpc) is 2.74. The van der Waals surface area contributed by atoms with E-state index in [9.17, 15) is 22.8 Å². The van der Waals surface area contributed by atoms with Crippen LogP contribution in [0.5, 0.6) is 0 Å². The van der Waals surface area contributed by atoms with Crippen molar-refractivity contribution in [2.75, 3.05) is 13.1 Å². The van der Waals surface area contributed by atoms with Gasteiger partial charge in [-0.3, -0.25) is 9.36 Å². The summed E-state index contributed by atoms with van der Waals surface area (Å²) in [5, 5.41) is 3.43. The van der Waals surface area contributed by atoms with E-state index in [0.717, 1.165) is 11.7 Å². The number of hydrogen-bond acceptors (Lipinski definition) is 3. The van der Waals surface area contributed by atoms with Gasteiger partial charge in [-0.2, -0.15) is 13.2 Å². The minimum absolute atomic E-state index is 0.0119. The van der Waals surface area contributed by atoms with Crippen molar-refractivity contribution in [2.45, 2.75) is 38.4 Å². The fourth-order valence-corrected chi connectivity index (χ4v) is 2.52. The lowest BCUT2D eigenvalue weighted by Gasteiger charge is -2.31. The molecular weight excluding hydrogens is 289 g/mol. The first kappa shape index (κ1) is 15.6. The van der Waals surface area contributed by atoms with E-state index >= 15 is 0 Å². The first-order valence-corrected chi connectivity index (χ1v) is 6.76. The Morgan fingerprint density at radius 3 is 2.33 bits per heavy atom. The molecular formula is C12H17F3N4O2. The number of likely N-dealkylation sites (tertiary alicyclic amines) is 1. The molecule has 0 saturated carbocycles. The van der Waals surface area contributed by atoms with Crippen LogP contribution in [0.4, 0.5) is 13.2 Å². The molecule has 1 aliphatic heterocycles. The van der Waals surface area contributed by atoms with Gasteiger partial charge in [-0.25, -0.2) is 9.48 Å². The number of carbonyl (C=O) groups excluding carboxylic acids is 1. The molecule has 1 aliphatic rings. The summed E-state index contributed by atoms with van der Waals surface area (Å²) in [4.78, 5) is 25.1. The number of halogens is 3. The lowest BCUT2D eigenvalue weighted by molar-refractivity contribution is -0.147. The van der Waals surface area contributed by atoms with Crippen LogP contribution in [0.15, 0.2) is 4.79 Å². The normalized spacial score (nSPS) is 17.3. The molecule has 1 aromatic rings. The molecule has 0 unspecified atom stereocenters. The van der Waals surface area contributed by atoms with Gasteiger partial charge in [0.2, 0.25) is 11.7 Å². The smallest absolute Gasteiger partial charge is 0.343 e. The molecule has 118 valence electrons. The number of hydrogen-bond donors (Lipinski definition) is 0. The molecule has 9 heteroatoms. The van der Waals surface area contributed by atoms with Crippen molar-refractivity contribution in [3.63, 3.8) is 0 Å². The van der Waals surface area contributed by atoms with E-state index in [2.05, 4.69) is 5.10 Å². The number of amides is 1. The lowest BCUT2D eigenvalue weighted by Crippen LogP contribution is -2.40. The molecule has 0 bridgehead atoms. The highest BCUT2D eigenvalue weighted by Crippen LogP contribution is 2.28. The van der Waals surface area contributed by atoms with Gasteiger partial charge < -0.3 is 4.90 Å². The van der Waals surface area contributed by atoms with Crippen molar-refractivity contribution >= 4 is 5.91 Å². The third-order valence-electron chi connectivity index (χ3n) is 3.72. The Bertz CT molecular complexity index is 582. The maximum atomic E-state index is 12.7. The van der Waals surface area contributed by atoms with Crippen LogP contribution in [0.25, 0.3) is 0 Å². The minimum atomic E-state index is -4.65. The lowest BCUT2D eigenvalue weighted by atomic mass is 10.1. The van der Waals surface area contributed by atoms with E-state index in [-0.39, 0.29) is 5.91 Å². The maximum absolute atomic E-state index is 12.7. The van der Waals surface area contributed by atoms with Gasteiger partial charge in [-0.05, 0) is 12.8 Å². The van der Waals surface area contributed by atoms with Crippen LogP contribution in [0.2, 0.25) is 0 Å². The van der Waals surface area contributed by atoms with Crippen molar-refractivity contribution in [1.29, 1.82) is 0 Å². The Kier molecular flexibility index (Phi) is 4.11. The van der Waals surface area contributed by atoms with Gasteiger partial charge >= 0.3 is 11.9 Å². The monoisotopic (exact) mass is 306 g/mol. The molecule has 1 fully saturated rings. The topological polar surface area (TPSA) is 60.1 Å². The molecule has 0 N–H and O–H groups in total. The van der Waals surface area contributed by atoms with Crippen molar-refractivity contribution in [3.05, 3.63) is 16.3 Å². The zero-order valence-electron chi connectivity index (χ0n) is 11.9. The largest absolute Gasteiger partial charge is 0.451 e. The zero-order chi connectivity index (χ0) is 15.8. The molecule has 2 rings (SSSR count). The molecule has 1 aromatic heterocycles. The van der Waals surface area contributed by atoms with Crippen molar-refractivity contribution < 1.29 is 18.0 Å². The van der Waals surface area contributed by atoms with Crippen molar-refractivity contribution in [3.8, 4) is 0 Å². The van der Waals surface area contributed by atoms with Crippen LogP contribution < -0.4 is 5.69 Å². The predicted molar refractivity (Wildman–Crippen MR) is 67.6 cm³/mol. The van der Waals surface area contributed by atoms with E-state index in [4.69, 9.17) is 0 Å². The van der Waals surface area contributed by atoms with Gasteiger partial charge in [-0.15, -0.1) is 5.10 Å². The molecule has 2 heterocycles. The van der Waals surface area contributed by atoms with Gasteiger partial charge in [0.1, 0.15) is 0 Å². The summed E-state index contributed by atoms with van der Waals surface area (Å²) in [7, 11) is 1.06. The Labute approximate surface area is 119 Å². The summed E-state index contributed by atoms with van der Waals surface area (Å²) in [6.45, 7) is 2.62. The fraction of sp³-hybridized carbons (Fsp3) is 0.750. The van der Waals surface area contributed by atoms with Gasteiger partial charge in [0.15, 0.2) is 0 Å². The minimum Gasteiger partial charge on any atom is -0.343 e. The molecule has 1 saturated heterocycles. The number of carbonyl (C=O) groups is 1. The van der Waals surface area contributed by atoms with Gasteiger partial charge in [0.05, 0.1) is 6.04 Å². The predicted octanol–water partition coefficient (Wildman–Crippen LogP) is 1.17. The van der Waals surface area contributed by atoms with E-state index in [1.54, 1.807) is 11.8 Å². The molecule has 0 aliphatic carbocycles. The van der Waals surface area contributed by atoms with Crippen molar-refractivity contribution in [1.82, 2.24) is 19.2 Å². The fourth-order valence-electron chi connectivity index (χ4n) is 2.52. The van der Waals surface area contributed by atoms with E-state index < -0.39 is 23.7 Å². The molecule has 0 spiro atoms. The van der Waals surface area contributed by atoms with Gasteiger partial charge in [0, 0.05) is 26.6 Å². The second-order valence-electron chi connectivity index (χ2n) is 5.07. The molecule has 0 atom stereocenters. The van der Waals surface area contributed by atoms with Crippen LogP contribution in [-0.2, 0) is 18.0 Å². The molecule has 0 radical (unpaired) electrons. The van der Waals surface area contributed by atoms with E-state index in [1.165, 1.54) is 0 Å². The third-order valence-corrected chi connectivity index (χ3v) is 3.72. The van der Waals surface area contributed by atoms with Gasteiger partial charge in [-0.1, -0.05) is 6.92 Å². The van der Waals surface area contributed by atoms with Crippen LogP contribution in [0, 0.1) is 0 Å². The van der Waals surface area contributed by atoms with Crippen LogP contribution >= 0.6 is 0 Å². The van der Waals surface area contributed by atoms with Crippen LogP contribution in [-0.4, -0.2) is 38.2 Å². The first-order valence-electron chi connectivity index (χ1n) is 6.76. The summed E-state index contributed by atoms with van der Waals surface area (Å²) in [5.41, 5.74) is -0.775. The van der Waals surface area contributed by atoms with E-state index in [1.807, 2.05) is 0 Å². The first-order chi connectivity index (χ1) is 9.75. The highest BCUT2D eigenvalue weighted by Gasteiger charge is 2.39. The molecule has 21 heavy (non-hydrogen) atoms. The quantitative estimate of drug-likeness (QED) is 0.824. The highest BCUT2D eigenvalue weighted by atomic mass is 19.4. The summed E-state index contributed by atoms with van der Waals surface area (Å²) >= 11 is 0. The second-order valence-corrected chi connectivity index (χ2v) is 5.07. The molecule has 1 amide bonds. The van der Waals surface area contributed by atoms with Gasteiger partial charge in [0.25, 0.3) is 0 Å². The van der Waals surface area contributed by atoms with Crippen LogP contribution in [0.3, 0.4) is 0 Å². The average molecular weight is 306 g/mol. The second kappa shape index (κ2) is 5.53. The Morgan fingerprint density at radius 1 is 1.33 bits per heavy atom. The number of nitrogens with zero attached hydrogens (tertiary/aromatic N) is 4. The molecule has 0 aromatic carbocycles. The van der Waals surface area contributed by atoms with Crippen molar-refractivity contribution in [2.24, 2.45) is 7.05 Å². The standard InChI is InChI=1S/C12H17F3N4O2/c1-3-9(20)18-6-4-8(5-7-18)19-11(21)17(2)10(16-19)12(13,14)15/h8H,3-7H2,1-2H3. The SMILES string of the molecule is CCC(=O)N1CCC(n2nc(C(F)(F)F)n(C)c2=O)CC1.